The predicted octanol–water partition coefficient (Wildman–Crippen LogP) is 3.50. The largest absolute Gasteiger partial charge is 0.391 e. The van der Waals surface area contributed by atoms with Crippen LogP contribution in [0.4, 0.5) is 13.2 Å². The van der Waals surface area contributed by atoms with E-state index in [1.165, 1.54) is 0 Å². The Hall–Kier alpha value is -0.250. The molecule has 1 aliphatic rings. The van der Waals surface area contributed by atoms with Gasteiger partial charge in [-0.1, -0.05) is 6.92 Å². The summed E-state index contributed by atoms with van der Waals surface area (Å²) in [7, 11) is 0. The molecule has 0 amide bonds. The lowest BCUT2D eigenvalue weighted by Crippen LogP contribution is -2.40. The standard InChI is InChI=1S/C11H20F3N/c1-3-8(2)15-10-6-4-9(5-7-10)11(12,13)14/h8-10,15H,3-7H2,1-2H3. The van der Waals surface area contributed by atoms with Crippen LogP contribution in [-0.2, 0) is 0 Å². The molecule has 0 aliphatic heterocycles. The second kappa shape index (κ2) is 5.19. The summed E-state index contributed by atoms with van der Waals surface area (Å²) in [6.07, 6.45) is -1.06. The first-order valence-electron chi connectivity index (χ1n) is 5.76. The molecule has 0 spiro atoms. The van der Waals surface area contributed by atoms with Crippen LogP contribution in [0.15, 0.2) is 0 Å². The summed E-state index contributed by atoms with van der Waals surface area (Å²) in [5, 5.41) is 3.37. The van der Waals surface area contributed by atoms with Crippen molar-refractivity contribution < 1.29 is 13.2 Å². The van der Waals surface area contributed by atoms with Gasteiger partial charge in [-0.3, -0.25) is 0 Å². The molecule has 0 bridgehead atoms. The average Bonchev–Trinajstić information content (AvgIpc) is 2.17. The maximum absolute atomic E-state index is 12.4. The van der Waals surface area contributed by atoms with E-state index in [1.54, 1.807) is 0 Å². The van der Waals surface area contributed by atoms with Crippen LogP contribution in [-0.4, -0.2) is 18.3 Å². The predicted molar refractivity (Wildman–Crippen MR) is 54.7 cm³/mol. The molecular weight excluding hydrogens is 203 g/mol. The molecular formula is C11H20F3N. The van der Waals surface area contributed by atoms with Crippen LogP contribution in [0, 0.1) is 5.92 Å². The van der Waals surface area contributed by atoms with Gasteiger partial charge in [0.15, 0.2) is 0 Å². The summed E-state index contributed by atoms with van der Waals surface area (Å²) in [5.74, 6) is -1.06. The van der Waals surface area contributed by atoms with E-state index in [2.05, 4.69) is 19.2 Å². The number of nitrogens with one attached hydrogen (secondary N) is 1. The highest BCUT2D eigenvalue weighted by atomic mass is 19.4. The molecule has 1 N–H and O–H groups in total. The molecule has 1 fully saturated rings. The maximum Gasteiger partial charge on any atom is 0.391 e. The molecule has 0 aromatic heterocycles. The minimum Gasteiger partial charge on any atom is -0.312 e. The Morgan fingerprint density at radius 3 is 2.13 bits per heavy atom. The summed E-state index contributed by atoms with van der Waals surface area (Å²) in [5.41, 5.74) is 0. The molecule has 15 heavy (non-hydrogen) atoms. The van der Waals surface area contributed by atoms with Gasteiger partial charge in [-0.05, 0) is 39.0 Å². The summed E-state index contributed by atoms with van der Waals surface area (Å²) in [6, 6.07) is 0.705. The van der Waals surface area contributed by atoms with Crippen LogP contribution < -0.4 is 5.32 Å². The first kappa shape index (κ1) is 12.8. The van der Waals surface area contributed by atoms with Crippen LogP contribution in [0.2, 0.25) is 0 Å². The Balaban J connectivity index is 2.30. The highest BCUT2D eigenvalue weighted by Gasteiger charge is 2.41. The average molecular weight is 223 g/mol. The van der Waals surface area contributed by atoms with Crippen LogP contribution in [0.1, 0.15) is 46.0 Å². The molecule has 0 heterocycles. The Bertz CT molecular complexity index is 183. The highest BCUT2D eigenvalue weighted by Crippen LogP contribution is 2.37. The van der Waals surface area contributed by atoms with Gasteiger partial charge in [-0.2, -0.15) is 13.2 Å². The monoisotopic (exact) mass is 223 g/mol. The second-order valence-electron chi connectivity index (χ2n) is 4.57. The number of rotatable bonds is 3. The van der Waals surface area contributed by atoms with Crippen LogP contribution >= 0.6 is 0 Å². The van der Waals surface area contributed by atoms with Gasteiger partial charge in [-0.25, -0.2) is 0 Å². The van der Waals surface area contributed by atoms with Crippen LogP contribution in [0.5, 0.6) is 0 Å². The van der Waals surface area contributed by atoms with E-state index in [9.17, 15) is 13.2 Å². The molecule has 0 radical (unpaired) electrons. The second-order valence-corrected chi connectivity index (χ2v) is 4.57. The molecule has 1 rings (SSSR count). The van der Waals surface area contributed by atoms with E-state index in [-0.39, 0.29) is 12.8 Å². The van der Waals surface area contributed by atoms with Crippen molar-refractivity contribution in [3.63, 3.8) is 0 Å². The van der Waals surface area contributed by atoms with Crippen molar-refractivity contribution in [2.24, 2.45) is 5.92 Å². The highest BCUT2D eigenvalue weighted by molar-refractivity contribution is 4.81. The zero-order chi connectivity index (χ0) is 11.5. The Morgan fingerprint density at radius 1 is 1.20 bits per heavy atom. The van der Waals surface area contributed by atoms with Crippen molar-refractivity contribution in [1.29, 1.82) is 0 Å². The van der Waals surface area contributed by atoms with E-state index in [0.717, 1.165) is 6.42 Å². The molecule has 4 heteroatoms. The first-order chi connectivity index (χ1) is 6.93. The lowest BCUT2D eigenvalue weighted by atomic mass is 9.85. The van der Waals surface area contributed by atoms with Crippen LogP contribution in [0.3, 0.4) is 0 Å². The number of hydrogen-bond acceptors (Lipinski definition) is 1. The fraction of sp³-hybridized carbons (Fsp3) is 1.00. The summed E-state index contributed by atoms with van der Waals surface area (Å²) in [6.45, 7) is 4.16. The number of alkyl halides is 3. The molecule has 1 nitrogen and oxygen atoms in total. The minimum absolute atomic E-state index is 0.289. The molecule has 0 aromatic carbocycles. The van der Waals surface area contributed by atoms with Gasteiger partial charge in [0.2, 0.25) is 0 Å². The summed E-state index contributed by atoms with van der Waals surface area (Å²) >= 11 is 0. The zero-order valence-corrected chi connectivity index (χ0v) is 9.40. The maximum atomic E-state index is 12.4. The smallest absolute Gasteiger partial charge is 0.312 e. The molecule has 0 aromatic rings. The topological polar surface area (TPSA) is 12.0 Å². The van der Waals surface area contributed by atoms with Gasteiger partial charge in [0.25, 0.3) is 0 Å². The van der Waals surface area contributed by atoms with Crippen molar-refractivity contribution in [2.75, 3.05) is 0 Å². The zero-order valence-electron chi connectivity index (χ0n) is 9.40. The quantitative estimate of drug-likeness (QED) is 0.772. The van der Waals surface area contributed by atoms with Crippen molar-refractivity contribution in [3.8, 4) is 0 Å². The molecule has 0 saturated heterocycles. The Labute approximate surface area is 89.4 Å². The summed E-state index contributed by atoms with van der Waals surface area (Å²) < 4.78 is 37.1. The number of halogens is 3. The van der Waals surface area contributed by atoms with Gasteiger partial charge >= 0.3 is 6.18 Å². The van der Waals surface area contributed by atoms with Gasteiger partial charge < -0.3 is 5.32 Å². The van der Waals surface area contributed by atoms with E-state index in [0.29, 0.717) is 24.9 Å². The molecule has 1 aliphatic carbocycles. The van der Waals surface area contributed by atoms with Crippen molar-refractivity contribution >= 4 is 0 Å². The lowest BCUT2D eigenvalue weighted by molar-refractivity contribution is -0.182. The number of hydrogen-bond donors (Lipinski definition) is 1. The Morgan fingerprint density at radius 2 is 1.73 bits per heavy atom. The van der Waals surface area contributed by atoms with E-state index in [1.807, 2.05) is 0 Å². The minimum atomic E-state index is -3.98. The van der Waals surface area contributed by atoms with Gasteiger partial charge in [0, 0.05) is 12.1 Å². The van der Waals surface area contributed by atoms with Crippen molar-refractivity contribution in [1.82, 2.24) is 5.32 Å². The third-order valence-electron chi connectivity index (χ3n) is 3.32. The molecule has 1 saturated carbocycles. The van der Waals surface area contributed by atoms with Crippen molar-refractivity contribution in [3.05, 3.63) is 0 Å². The molecule has 90 valence electrons. The molecule has 1 atom stereocenters. The lowest BCUT2D eigenvalue weighted by Gasteiger charge is -2.31. The normalized spacial score (nSPS) is 30.2. The van der Waals surface area contributed by atoms with Gasteiger partial charge in [0.05, 0.1) is 5.92 Å². The first-order valence-corrected chi connectivity index (χ1v) is 5.76. The molecule has 1 unspecified atom stereocenters. The summed E-state index contributed by atoms with van der Waals surface area (Å²) in [4.78, 5) is 0. The Kier molecular flexibility index (Phi) is 4.44. The van der Waals surface area contributed by atoms with E-state index >= 15 is 0 Å². The SMILES string of the molecule is CCC(C)NC1CCC(C(F)(F)F)CC1. The third kappa shape index (κ3) is 4.01. The van der Waals surface area contributed by atoms with E-state index < -0.39 is 12.1 Å². The van der Waals surface area contributed by atoms with Gasteiger partial charge in [-0.15, -0.1) is 0 Å². The van der Waals surface area contributed by atoms with Crippen LogP contribution in [0.25, 0.3) is 0 Å². The third-order valence-corrected chi connectivity index (χ3v) is 3.32. The van der Waals surface area contributed by atoms with Crippen molar-refractivity contribution in [2.45, 2.75) is 64.2 Å². The van der Waals surface area contributed by atoms with Gasteiger partial charge in [0.1, 0.15) is 0 Å². The fourth-order valence-electron chi connectivity index (χ4n) is 2.11. The fourth-order valence-corrected chi connectivity index (χ4v) is 2.11. The van der Waals surface area contributed by atoms with E-state index in [4.69, 9.17) is 0 Å².